The lowest BCUT2D eigenvalue weighted by Crippen LogP contribution is -2.38. The highest BCUT2D eigenvalue weighted by Crippen LogP contribution is 2.11. The van der Waals surface area contributed by atoms with E-state index in [2.05, 4.69) is 10.6 Å². The molecule has 1 atom stereocenters. The van der Waals surface area contributed by atoms with Crippen LogP contribution in [0.25, 0.3) is 0 Å². The fourth-order valence-corrected chi connectivity index (χ4v) is 2.08. The van der Waals surface area contributed by atoms with E-state index in [-0.39, 0.29) is 12.5 Å². The van der Waals surface area contributed by atoms with Crippen molar-refractivity contribution in [1.29, 1.82) is 0 Å². The third-order valence-electron chi connectivity index (χ3n) is 3.04. The number of carbonyl (C=O) groups excluding carboxylic acids is 3. The Morgan fingerprint density at radius 1 is 1.30 bits per heavy atom. The highest BCUT2D eigenvalue weighted by Gasteiger charge is 2.38. The Balaban J connectivity index is 1.94. The summed E-state index contributed by atoms with van der Waals surface area (Å²) in [5.41, 5.74) is 0.634. The molecule has 0 bridgehead atoms. The molecule has 0 aliphatic carbocycles. The van der Waals surface area contributed by atoms with Gasteiger partial charge in [0.2, 0.25) is 5.91 Å². The Morgan fingerprint density at radius 2 is 2.00 bits per heavy atom. The summed E-state index contributed by atoms with van der Waals surface area (Å²) in [4.78, 5) is 36.4. The quantitative estimate of drug-likeness (QED) is 0.796. The fraction of sp³-hybridized carbons (Fsp3) is 0.357. The molecule has 2 N–H and O–H groups in total. The lowest BCUT2D eigenvalue weighted by atomic mass is 10.2. The molecule has 1 aromatic rings. The van der Waals surface area contributed by atoms with Crippen molar-refractivity contribution in [3.8, 4) is 0 Å². The van der Waals surface area contributed by atoms with Crippen LogP contribution >= 0.6 is 0 Å². The molecule has 2 rings (SSSR count). The van der Waals surface area contributed by atoms with E-state index >= 15 is 0 Å². The number of hydrogen-bond donors (Lipinski definition) is 2. The van der Waals surface area contributed by atoms with E-state index in [0.717, 1.165) is 11.3 Å². The topological polar surface area (TPSA) is 78.5 Å². The van der Waals surface area contributed by atoms with Crippen molar-refractivity contribution in [2.45, 2.75) is 25.8 Å². The second-order valence-electron chi connectivity index (χ2n) is 4.63. The number of benzene rings is 1. The number of amides is 4. The first-order valence-corrected chi connectivity index (χ1v) is 6.58. The SMILES string of the molecule is CCC[C@H]1NC(=O)N(CC(=O)Nc2ccccc2)C1=O. The van der Waals surface area contributed by atoms with Crippen molar-refractivity contribution in [2.24, 2.45) is 0 Å². The van der Waals surface area contributed by atoms with Gasteiger partial charge < -0.3 is 10.6 Å². The molecule has 1 aromatic carbocycles. The van der Waals surface area contributed by atoms with Crippen LogP contribution < -0.4 is 10.6 Å². The lowest BCUT2D eigenvalue weighted by molar-refractivity contribution is -0.130. The molecule has 0 unspecified atom stereocenters. The van der Waals surface area contributed by atoms with Crippen molar-refractivity contribution in [1.82, 2.24) is 10.2 Å². The predicted octanol–water partition coefficient (Wildman–Crippen LogP) is 1.35. The Labute approximate surface area is 117 Å². The van der Waals surface area contributed by atoms with Crippen LogP contribution in [0.4, 0.5) is 10.5 Å². The first kappa shape index (κ1) is 14.0. The Morgan fingerprint density at radius 3 is 2.65 bits per heavy atom. The average molecular weight is 275 g/mol. The zero-order valence-electron chi connectivity index (χ0n) is 11.3. The standard InChI is InChI=1S/C14H17N3O3/c1-2-6-11-13(19)17(14(20)16-11)9-12(18)15-10-7-4-3-5-8-10/h3-5,7-8,11H,2,6,9H2,1H3,(H,15,18)(H,16,20)/t11-/m1/s1. The highest BCUT2D eigenvalue weighted by molar-refractivity contribution is 6.07. The summed E-state index contributed by atoms with van der Waals surface area (Å²) < 4.78 is 0. The maximum absolute atomic E-state index is 12.0. The van der Waals surface area contributed by atoms with Crippen molar-refractivity contribution in [3.05, 3.63) is 30.3 Å². The van der Waals surface area contributed by atoms with Gasteiger partial charge in [-0.3, -0.25) is 14.5 Å². The number of imide groups is 1. The molecule has 1 heterocycles. The van der Waals surface area contributed by atoms with Gasteiger partial charge in [0.1, 0.15) is 12.6 Å². The molecule has 106 valence electrons. The van der Waals surface area contributed by atoms with Gasteiger partial charge in [-0.1, -0.05) is 31.5 Å². The van der Waals surface area contributed by atoms with Gasteiger partial charge in [-0.15, -0.1) is 0 Å². The van der Waals surface area contributed by atoms with E-state index in [1.165, 1.54) is 0 Å². The molecule has 6 nitrogen and oxygen atoms in total. The van der Waals surface area contributed by atoms with Gasteiger partial charge in [-0.05, 0) is 18.6 Å². The van der Waals surface area contributed by atoms with Crippen LogP contribution in [0.2, 0.25) is 0 Å². The summed E-state index contributed by atoms with van der Waals surface area (Å²) in [5, 5.41) is 5.23. The maximum Gasteiger partial charge on any atom is 0.325 e. The van der Waals surface area contributed by atoms with Gasteiger partial charge in [0.05, 0.1) is 0 Å². The van der Waals surface area contributed by atoms with Crippen LogP contribution in [0.1, 0.15) is 19.8 Å². The van der Waals surface area contributed by atoms with Crippen LogP contribution in [0.3, 0.4) is 0 Å². The van der Waals surface area contributed by atoms with Crippen LogP contribution in [0.15, 0.2) is 30.3 Å². The summed E-state index contributed by atoms with van der Waals surface area (Å²) in [6.07, 6.45) is 1.38. The molecule has 0 saturated carbocycles. The maximum atomic E-state index is 12.0. The van der Waals surface area contributed by atoms with Crippen molar-refractivity contribution >= 4 is 23.5 Å². The summed E-state index contributed by atoms with van der Waals surface area (Å²) in [5.74, 6) is -0.725. The Bertz CT molecular complexity index is 516. The number of nitrogens with one attached hydrogen (secondary N) is 2. The highest BCUT2D eigenvalue weighted by atomic mass is 16.2. The van der Waals surface area contributed by atoms with Gasteiger partial charge in [0.25, 0.3) is 5.91 Å². The number of rotatable bonds is 5. The summed E-state index contributed by atoms with van der Waals surface area (Å²) >= 11 is 0. The van der Waals surface area contributed by atoms with Crippen LogP contribution in [-0.2, 0) is 9.59 Å². The third-order valence-corrected chi connectivity index (χ3v) is 3.04. The number of carbonyl (C=O) groups is 3. The molecular weight excluding hydrogens is 258 g/mol. The molecular formula is C14H17N3O3. The summed E-state index contributed by atoms with van der Waals surface area (Å²) in [6, 6.07) is 7.89. The van der Waals surface area contributed by atoms with E-state index < -0.39 is 18.0 Å². The number of hydrogen-bond acceptors (Lipinski definition) is 3. The molecule has 20 heavy (non-hydrogen) atoms. The Kier molecular flexibility index (Phi) is 4.34. The molecule has 1 aliphatic heterocycles. The van der Waals surface area contributed by atoms with Gasteiger partial charge in [0.15, 0.2) is 0 Å². The summed E-state index contributed by atoms with van der Waals surface area (Å²) in [7, 11) is 0. The number of para-hydroxylation sites is 1. The number of nitrogens with zero attached hydrogens (tertiary/aromatic N) is 1. The molecule has 1 saturated heterocycles. The van der Waals surface area contributed by atoms with Crippen molar-refractivity contribution in [3.63, 3.8) is 0 Å². The van der Waals surface area contributed by atoms with Crippen LogP contribution in [-0.4, -0.2) is 35.3 Å². The first-order chi connectivity index (χ1) is 9.61. The van der Waals surface area contributed by atoms with E-state index in [0.29, 0.717) is 12.1 Å². The minimum atomic E-state index is -0.503. The zero-order valence-corrected chi connectivity index (χ0v) is 11.3. The van der Waals surface area contributed by atoms with E-state index in [9.17, 15) is 14.4 Å². The van der Waals surface area contributed by atoms with Gasteiger partial charge in [0, 0.05) is 5.69 Å². The molecule has 1 fully saturated rings. The molecule has 4 amide bonds. The molecule has 0 radical (unpaired) electrons. The predicted molar refractivity (Wildman–Crippen MR) is 74.0 cm³/mol. The normalized spacial score (nSPS) is 18.1. The number of urea groups is 1. The van der Waals surface area contributed by atoms with Gasteiger partial charge >= 0.3 is 6.03 Å². The van der Waals surface area contributed by atoms with Gasteiger partial charge in [-0.25, -0.2) is 4.79 Å². The van der Waals surface area contributed by atoms with E-state index in [1.54, 1.807) is 24.3 Å². The molecule has 1 aliphatic rings. The van der Waals surface area contributed by atoms with Crippen molar-refractivity contribution in [2.75, 3.05) is 11.9 Å². The monoisotopic (exact) mass is 275 g/mol. The average Bonchev–Trinajstić information content (AvgIpc) is 2.68. The number of anilines is 1. The second kappa shape index (κ2) is 6.18. The molecule has 0 spiro atoms. The largest absolute Gasteiger partial charge is 0.326 e. The van der Waals surface area contributed by atoms with Crippen molar-refractivity contribution < 1.29 is 14.4 Å². The second-order valence-corrected chi connectivity index (χ2v) is 4.63. The minimum Gasteiger partial charge on any atom is -0.326 e. The smallest absolute Gasteiger partial charge is 0.325 e. The fourth-order valence-electron chi connectivity index (χ4n) is 2.08. The zero-order chi connectivity index (χ0) is 14.5. The summed E-state index contributed by atoms with van der Waals surface area (Å²) in [6.45, 7) is 1.67. The van der Waals surface area contributed by atoms with E-state index in [1.807, 2.05) is 13.0 Å². The third kappa shape index (κ3) is 3.14. The van der Waals surface area contributed by atoms with Crippen LogP contribution in [0, 0.1) is 0 Å². The van der Waals surface area contributed by atoms with Crippen LogP contribution in [0.5, 0.6) is 0 Å². The molecule has 6 heteroatoms. The minimum absolute atomic E-state index is 0.264. The lowest BCUT2D eigenvalue weighted by Gasteiger charge is -2.12. The first-order valence-electron chi connectivity index (χ1n) is 6.58. The van der Waals surface area contributed by atoms with Gasteiger partial charge in [-0.2, -0.15) is 0 Å². The molecule has 0 aromatic heterocycles. The van der Waals surface area contributed by atoms with E-state index in [4.69, 9.17) is 0 Å². The Hall–Kier alpha value is -2.37.